The Hall–Kier alpha value is -1.59. The fourth-order valence-electron chi connectivity index (χ4n) is 2.11. The van der Waals surface area contributed by atoms with E-state index in [1.807, 2.05) is 0 Å². The molecule has 1 unspecified atom stereocenters. The topological polar surface area (TPSA) is 38.7 Å². The highest BCUT2D eigenvalue weighted by molar-refractivity contribution is 9.10. The molecular formula is C16H16BrFO3. The molecule has 5 heteroatoms. The van der Waals surface area contributed by atoms with E-state index in [2.05, 4.69) is 15.9 Å². The molecule has 0 bridgehead atoms. The molecule has 3 nitrogen and oxygen atoms in total. The number of aliphatic hydroxyl groups is 1. The van der Waals surface area contributed by atoms with Crippen LogP contribution < -0.4 is 9.47 Å². The molecule has 1 atom stereocenters. The van der Waals surface area contributed by atoms with Crippen LogP contribution in [0.4, 0.5) is 4.39 Å². The second kappa shape index (κ2) is 6.91. The summed E-state index contributed by atoms with van der Waals surface area (Å²) in [7, 11) is 3.08. The molecule has 0 heterocycles. The van der Waals surface area contributed by atoms with E-state index in [9.17, 15) is 9.50 Å². The molecular weight excluding hydrogens is 339 g/mol. The summed E-state index contributed by atoms with van der Waals surface area (Å²) in [6, 6.07) is 9.80. The second-order valence-corrected chi connectivity index (χ2v) is 5.48. The van der Waals surface area contributed by atoms with Crippen molar-refractivity contribution in [3.05, 3.63) is 57.8 Å². The summed E-state index contributed by atoms with van der Waals surface area (Å²) in [6.07, 6.45) is -0.705. The van der Waals surface area contributed by atoms with Crippen molar-refractivity contribution in [3.8, 4) is 11.5 Å². The minimum absolute atomic E-state index is 0.161. The van der Waals surface area contributed by atoms with Crippen LogP contribution >= 0.6 is 15.9 Å². The van der Waals surface area contributed by atoms with Crippen LogP contribution in [0.15, 0.2) is 40.9 Å². The minimum atomic E-state index is -0.866. The van der Waals surface area contributed by atoms with Crippen LogP contribution in [-0.4, -0.2) is 19.3 Å². The van der Waals surface area contributed by atoms with Crippen molar-refractivity contribution in [2.75, 3.05) is 14.2 Å². The van der Waals surface area contributed by atoms with E-state index >= 15 is 0 Å². The molecule has 0 spiro atoms. The van der Waals surface area contributed by atoms with Crippen molar-refractivity contribution >= 4 is 15.9 Å². The number of ether oxygens (including phenoxy) is 2. The van der Waals surface area contributed by atoms with Crippen molar-refractivity contribution in [1.82, 2.24) is 0 Å². The normalized spacial score (nSPS) is 12.0. The highest BCUT2D eigenvalue weighted by Crippen LogP contribution is 2.32. The molecule has 0 amide bonds. The molecule has 112 valence electrons. The van der Waals surface area contributed by atoms with Gasteiger partial charge < -0.3 is 14.6 Å². The summed E-state index contributed by atoms with van der Waals surface area (Å²) >= 11 is 3.30. The van der Waals surface area contributed by atoms with Gasteiger partial charge in [-0.05, 0) is 35.9 Å². The van der Waals surface area contributed by atoms with Crippen LogP contribution in [0.1, 0.15) is 17.2 Å². The van der Waals surface area contributed by atoms with Crippen molar-refractivity contribution in [2.45, 2.75) is 12.5 Å². The number of methoxy groups -OCH3 is 2. The van der Waals surface area contributed by atoms with Crippen molar-refractivity contribution in [3.63, 3.8) is 0 Å². The number of aliphatic hydroxyl groups excluding tert-OH is 1. The summed E-state index contributed by atoms with van der Waals surface area (Å²) in [5.74, 6) is 0.804. The van der Waals surface area contributed by atoms with E-state index in [1.165, 1.54) is 13.2 Å². The third-order valence-corrected chi connectivity index (χ3v) is 3.71. The first kappa shape index (κ1) is 15.8. The van der Waals surface area contributed by atoms with Crippen molar-refractivity contribution < 1.29 is 19.0 Å². The first-order valence-corrected chi connectivity index (χ1v) is 7.18. The fourth-order valence-corrected chi connectivity index (χ4v) is 2.52. The van der Waals surface area contributed by atoms with Crippen LogP contribution in [0.25, 0.3) is 0 Å². The van der Waals surface area contributed by atoms with Gasteiger partial charge >= 0.3 is 0 Å². The Morgan fingerprint density at radius 2 is 1.90 bits per heavy atom. The third-order valence-electron chi connectivity index (χ3n) is 3.22. The summed E-state index contributed by atoms with van der Waals surface area (Å²) in [4.78, 5) is 0. The Morgan fingerprint density at radius 1 is 1.14 bits per heavy atom. The SMILES string of the molecule is COc1ccc(C(O)Cc2cc(Br)ccc2F)c(OC)c1. The van der Waals surface area contributed by atoms with Gasteiger partial charge in [-0.15, -0.1) is 0 Å². The Morgan fingerprint density at radius 3 is 2.57 bits per heavy atom. The molecule has 0 aliphatic heterocycles. The highest BCUT2D eigenvalue weighted by atomic mass is 79.9. The van der Waals surface area contributed by atoms with E-state index in [1.54, 1.807) is 37.4 Å². The zero-order valence-corrected chi connectivity index (χ0v) is 13.4. The molecule has 21 heavy (non-hydrogen) atoms. The van der Waals surface area contributed by atoms with Crippen LogP contribution in [0, 0.1) is 5.82 Å². The van der Waals surface area contributed by atoms with Gasteiger partial charge in [0.25, 0.3) is 0 Å². The molecule has 0 aliphatic carbocycles. The predicted molar refractivity (Wildman–Crippen MR) is 82.3 cm³/mol. The van der Waals surface area contributed by atoms with Gasteiger partial charge in [0.1, 0.15) is 17.3 Å². The molecule has 0 saturated heterocycles. The maximum atomic E-state index is 13.8. The lowest BCUT2D eigenvalue weighted by molar-refractivity contribution is 0.172. The zero-order valence-electron chi connectivity index (χ0n) is 11.8. The molecule has 0 radical (unpaired) electrons. The first-order chi connectivity index (χ1) is 10.0. The molecule has 2 aromatic rings. The lowest BCUT2D eigenvalue weighted by Gasteiger charge is -2.16. The predicted octanol–water partition coefficient (Wildman–Crippen LogP) is 3.88. The van der Waals surface area contributed by atoms with E-state index in [-0.39, 0.29) is 12.2 Å². The van der Waals surface area contributed by atoms with Gasteiger partial charge in [-0.1, -0.05) is 15.9 Å². The average Bonchev–Trinajstić information content (AvgIpc) is 2.50. The number of rotatable bonds is 5. The lowest BCUT2D eigenvalue weighted by atomic mass is 10.00. The van der Waals surface area contributed by atoms with E-state index in [0.29, 0.717) is 22.6 Å². The molecule has 0 fully saturated rings. The number of hydrogen-bond acceptors (Lipinski definition) is 3. The number of benzene rings is 2. The highest BCUT2D eigenvalue weighted by Gasteiger charge is 2.17. The Balaban J connectivity index is 2.27. The van der Waals surface area contributed by atoms with Gasteiger partial charge in [0.05, 0.1) is 20.3 Å². The maximum absolute atomic E-state index is 13.8. The van der Waals surface area contributed by atoms with E-state index < -0.39 is 6.10 Å². The third kappa shape index (κ3) is 3.74. The second-order valence-electron chi connectivity index (χ2n) is 4.56. The van der Waals surface area contributed by atoms with Crippen LogP contribution in [0.2, 0.25) is 0 Å². The summed E-state index contributed by atoms with van der Waals surface area (Å²) < 4.78 is 24.9. The van der Waals surface area contributed by atoms with Gasteiger partial charge in [-0.2, -0.15) is 0 Å². The van der Waals surface area contributed by atoms with Gasteiger partial charge in [-0.25, -0.2) is 4.39 Å². The smallest absolute Gasteiger partial charge is 0.128 e. The van der Waals surface area contributed by atoms with E-state index in [4.69, 9.17) is 9.47 Å². The molecule has 2 aromatic carbocycles. The van der Waals surface area contributed by atoms with Crippen LogP contribution in [0.5, 0.6) is 11.5 Å². The number of halogens is 2. The lowest BCUT2D eigenvalue weighted by Crippen LogP contribution is -2.06. The van der Waals surface area contributed by atoms with Gasteiger partial charge in [-0.3, -0.25) is 0 Å². The largest absolute Gasteiger partial charge is 0.497 e. The molecule has 0 aliphatic rings. The monoisotopic (exact) mass is 354 g/mol. The van der Waals surface area contributed by atoms with Gasteiger partial charge in [0.15, 0.2) is 0 Å². The Labute approximate surface area is 131 Å². The fraction of sp³-hybridized carbons (Fsp3) is 0.250. The standard InChI is InChI=1S/C16H16BrFO3/c1-20-12-4-5-13(16(9-12)21-2)15(19)8-10-7-11(17)3-6-14(10)18/h3-7,9,15,19H,8H2,1-2H3. The van der Waals surface area contributed by atoms with Crippen molar-refractivity contribution in [2.24, 2.45) is 0 Å². The minimum Gasteiger partial charge on any atom is -0.497 e. The molecule has 2 rings (SSSR count). The Kier molecular flexibility index (Phi) is 5.20. The van der Waals surface area contributed by atoms with Crippen LogP contribution in [0.3, 0.4) is 0 Å². The van der Waals surface area contributed by atoms with E-state index in [0.717, 1.165) is 4.47 Å². The summed E-state index contributed by atoms with van der Waals surface area (Å²) in [5.41, 5.74) is 1.03. The zero-order chi connectivity index (χ0) is 15.4. The quantitative estimate of drug-likeness (QED) is 0.885. The van der Waals surface area contributed by atoms with Gasteiger partial charge in [0, 0.05) is 22.5 Å². The summed E-state index contributed by atoms with van der Waals surface area (Å²) in [6.45, 7) is 0. The van der Waals surface area contributed by atoms with Gasteiger partial charge in [0.2, 0.25) is 0 Å². The Bertz CT molecular complexity index is 631. The van der Waals surface area contributed by atoms with Crippen molar-refractivity contribution in [1.29, 1.82) is 0 Å². The van der Waals surface area contributed by atoms with Crippen LogP contribution in [-0.2, 0) is 6.42 Å². The number of hydrogen-bond donors (Lipinski definition) is 1. The first-order valence-electron chi connectivity index (χ1n) is 6.39. The molecule has 0 saturated carbocycles. The maximum Gasteiger partial charge on any atom is 0.128 e. The molecule has 0 aromatic heterocycles. The summed E-state index contributed by atoms with van der Waals surface area (Å²) in [5, 5.41) is 10.4. The average molecular weight is 355 g/mol. The molecule has 1 N–H and O–H groups in total.